The van der Waals surface area contributed by atoms with Crippen molar-refractivity contribution in [3.8, 4) is 0 Å². The van der Waals surface area contributed by atoms with Gasteiger partial charge in [0.25, 0.3) is 0 Å². The second-order valence-electron chi connectivity index (χ2n) is 4.73. The summed E-state index contributed by atoms with van der Waals surface area (Å²) >= 11 is 0. The van der Waals surface area contributed by atoms with Gasteiger partial charge in [-0.05, 0) is 6.92 Å². The molecule has 0 fully saturated rings. The molecular weight excluding hydrogens is 276 g/mol. The Kier molecular flexibility index (Phi) is 4.70. The summed E-state index contributed by atoms with van der Waals surface area (Å²) in [4.78, 5) is 33.6. The average Bonchev–Trinajstić information content (AvgIpc) is 2.74. The summed E-state index contributed by atoms with van der Waals surface area (Å²) in [7, 11) is 0. The fourth-order valence-electron chi connectivity index (χ4n) is 1.99. The van der Waals surface area contributed by atoms with Crippen LogP contribution >= 0.6 is 0 Å². The smallest absolute Gasteiger partial charge is 0.308 e. The minimum absolute atomic E-state index is 0.00437. The van der Waals surface area contributed by atoms with E-state index >= 15 is 0 Å². The lowest BCUT2D eigenvalue weighted by Gasteiger charge is -2.14. The molecule has 21 heavy (non-hydrogen) atoms. The highest BCUT2D eigenvalue weighted by molar-refractivity contribution is 5.81. The van der Waals surface area contributed by atoms with Crippen LogP contribution < -0.4 is 0 Å². The Morgan fingerprint density at radius 1 is 1.00 bits per heavy atom. The van der Waals surface area contributed by atoms with Crippen LogP contribution in [-0.4, -0.2) is 17.7 Å². The van der Waals surface area contributed by atoms with E-state index in [1.165, 1.54) is 13.8 Å². The molecule has 0 amide bonds. The van der Waals surface area contributed by atoms with E-state index in [1.807, 2.05) is 0 Å². The molecule has 1 aromatic carbocycles. The van der Waals surface area contributed by atoms with Crippen molar-refractivity contribution in [1.82, 2.24) is 0 Å². The van der Waals surface area contributed by atoms with Crippen molar-refractivity contribution in [2.75, 3.05) is 0 Å². The number of ether oxygens (including phenoxy) is 3. The molecule has 0 aliphatic carbocycles. The highest BCUT2D eigenvalue weighted by atomic mass is 16.8. The molecule has 1 aromatic rings. The molecule has 0 spiro atoms. The highest BCUT2D eigenvalue weighted by Gasteiger charge is 2.35. The van der Waals surface area contributed by atoms with Crippen molar-refractivity contribution in [2.45, 2.75) is 39.3 Å². The number of benzene rings is 1. The minimum atomic E-state index is -0.926. The Bertz CT molecular complexity index is 565. The van der Waals surface area contributed by atoms with Crippen LogP contribution in [0, 0.1) is 0 Å². The Morgan fingerprint density at radius 3 is 2.10 bits per heavy atom. The standard InChI is InChI=1S/C15H16O6/c1-9(16)7-8-13(18)20-15-12-6-4-3-5-11(12)14(21-15)19-10(2)17/h3-6,14-15H,7-8H2,1-2H3. The summed E-state index contributed by atoms with van der Waals surface area (Å²) in [5, 5.41) is 0. The van der Waals surface area contributed by atoms with Gasteiger partial charge in [-0.25, -0.2) is 0 Å². The van der Waals surface area contributed by atoms with Crippen molar-refractivity contribution >= 4 is 17.7 Å². The lowest BCUT2D eigenvalue weighted by atomic mass is 10.1. The van der Waals surface area contributed by atoms with Gasteiger partial charge in [0.1, 0.15) is 5.78 Å². The van der Waals surface area contributed by atoms with Crippen molar-refractivity contribution in [1.29, 1.82) is 0 Å². The molecule has 112 valence electrons. The van der Waals surface area contributed by atoms with Crippen LogP contribution in [-0.2, 0) is 28.6 Å². The topological polar surface area (TPSA) is 78.9 Å². The summed E-state index contributed by atoms with van der Waals surface area (Å²) in [6.07, 6.45) is -1.69. The SMILES string of the molecule is CC(=O)CCC(=O)OC1OC(OC(C)=O)c2ccccc21. The van der Waals surface area contributed by atoms with Gasteiger partial charge in [0.2, 0.25) is 12.6 Å². The van der Waals surface area contributed by atoms with Crippen LogP contribution in [0.15, 0.2) is 24.3 Å². The van der Waals surface area contributed by atoms with Crippen LogP contribution in [0.5, 0.6) is 0 Å². The number of ketones is 1. The Labute approximate surface area is 122 Å². The van der Waals surface area contributed by atoms with Crippen molar-refractivity contribution < 1.29 is 28.6 Å². The van der Waals surface area contributed by atoms with Gasteiger partial charge in [-0.2, -0.15) is 0 Å². The molecule has 0 aromatic heterocycles. The molecule has 0 radical (unpaired) electrons. The predicted octanol–water partition coefficient (Wildman–Crippen LogP) is 2.19. The molecule has 1 heterocycles. The number of carbonyl (C=O) groups excluding carboxylic acids is 3. The lowest BCUT2D eigenvalue weighted by Crippen LogP contribution is -2.13. The third kappa shape index (κ3) is 3.88. The molecular formula is C15H16O6. The molecule has 0 saturated carbocycles. The van der Waals surface area contributed by atoms with Crippen LogP contribution in [0.25, 0.3) is 0 Å². The van der Waals surface area contributed by atoms with Crippen LogP contribution in [0.4, 0.5) is 0 Å². The Hall–Kier alpha value is -2.21. The quantitative estimate of drug-likeness (QED) is 0.774. The maximum Gasteiger partial charge on any atom is 0.308 e. The van der Waals surface area contributed by atoms with Crippen LogP contribution in [0.2, 0.25) is 0 Å². The summed E-state index contributed by atoms with van der Waals surface area (Å²) in [5.74, 6) is -1.11. The number of hydrogen-bond donors (Lipinski definition) is 0. The zero-order valence-electron chi connectivity index (χ0n) is 11.8. The molecule has 2 unspecified atom stereocenters. The zero-order chi connectivity index (χ0) is 15.4. The second kappa shape index (κ2) is 6.49. The first-order valence-electron chi connectivity index (χ1n) is 6.58. The van der Waals surface area contributed by atoms with Gasteiger partial charge in [0.05, 0.1) is 6.42 Å². The summed E-state index contributed by atoms with van der Waals surface area (Å²) in [6.45, 7) is 2.68. The third-order valence-corrected chi connectivity index (χ3v) is 2.94. The van der Waals surface area contributed by atoms with E-state index in [1.54, 1.807) is 24.3 Å². The number of rotatable bonds is 5. The summed E-state index contributed by atoms with van der Waals surface area (Å²) in [5.41, 5.74) is 1.29. The molecule has 1 aliphatic rings. The number of Topliss-reactive ketones (excluding diaryl/α,β-unsaturated/α-hetero) is 1. The maximum absolute atomic E-state index is 11.7. The van der Waals surface area contributed by atoms with Crippen molar-refractivity contribution in [2.24, 2.45) is 0 Å². The molecule has 2 atom stereocenters. The molecule has 0 saturated heterocycles. The fraction of sp³-hybridized carbons (Fsp3) is 0.400. The Balaban J connectivity index is 2.06. The highest BCUT2D eigenvalue weighted by Crippen LogP contribution is 2.40. The van der Waals surface area contributed by atoms with Gasteiger partial charge in [0.15, 0.2) is 0 Å². The van der Waals surface area contributed by atoms with E-state index in [-0.39, 0.29) is 18.6 Å². The summed E-state index contributed by atoms with van der Waals surface area (Å²) < 4.78 is 15.7. The third-order valence-electron chi connectivity index (χ3n) is 2.94. The first-order valence-corrected chi connectivity index (χ1v) is 6.58. The van der Waals surface area contributed by atoms with E-state index in [4.69, 9.17) is 14.2 Å². The predicted molar refractivity (Wildman–Crippen MR) is 70.8 cm³/mol. The van der Waals surface area contributed by atoms with Crippen LogP contribution in [0.1, 0.15) is 50.4 Å². The monoisotopic (exact) mass is 292 g/mol. The molecule has 2 rings (SSSR count). The van der Waals surface area contributed by atoms with Crippen LogP contribution in [0.3, 0.4) is 0 Å². The van der Waals surface area contributed by atoms with Crippen molar-refractivity contribution in [3.63, 3.8) is 0 Å². The normalized spacial score (nSPS) is 19.7. The van der Waals surface area contributed by atoms with Gasteiger partial charge in [0, 0.05) is 24.5 Å². The van der Waals surface area contributed by atoms with E-state index < -0.39 is 24.5 Å². The van der Waals surface area contributed by atoms with Crippen molar-refractivity contribution in [3.05, 3.63) is 35.4 Å². The maximum atomic E-state index is 11.7. The largest absolute Gasteiger partial charge is 0.431 e. The Morgan fingerprint density at radius 2 is 1.57 bits per heavy atom. The molecule has 1 aliphatic heterocycles. The zero-order valence-corrected chi connectivity index (χ0v) is 11.8. The fourth-order valence-corrected chi connectivity index (χ4v) is 1.99. The van der Waals surface area contributed by atoms with E-state index in [0.29, 0.717) is 11.1 Å². The molecule has 6 heteroatoms. The lowest BCUT2D eigenvalue weighted by molar-refractivity contribution is -0.229. The minimum Gasteiger partial charge on any atom is -0.431 e. The first kappa shape index (κ1) is 15.2. The average molecular weight is 292 g/mol. The molecule has 0 N–H and O–H groups in total. The van der Waals surface area contributed by atoms with Gasteiger partial charge in [-0.3, -0.25) is 14.3 Å². The first-order chi connectivity index (χ1) is 9.97. The van der Waals surface area contributed by atoms with Gasteiger partial charge >= 0.3 is 11.9 Å². The number of hydrogen-bond acceptors (Lipinski definition) is 6. The second-order valence-corrected chi connectivity index (χ2v) is 4.73. The van der Waals surface area contributed by atoms with Gasteiger partial charge < -0.3 is 14.3 Å². The van der Waals surface area contributed by atoms with E-state index in [2.05, 4.69) is 0 Å². The number of esters is 2. The summed E-state index contributed by atoms with van der Waals surface area (Å²) in [6, 6.07) is 7.03. The molecule has 0 bridgehead atoms. The number of fused-ring (bicyclic) bond motifs is 1. The van der Waals surface area contributed by atoms with Gasteiger partial charge in [-0.1, -0.05) is 24.3 Å². The van der Waals surface area contributed by atoms with E-state index in [0.717, 1.165) is 0 Å². The molecule has 6 nitrogen and oxygen atoms in total. The van der Waals surface area contributed by atoms with Gasteiger partial charge in [-0.15, -0.1) is 0 Å². The number of carbonyl (C=O) groups is 3. The van der Waals surface area contributed by atoms with E-state index in [9.17, 15) is 14.4 Å².